The number of hydrogen-bond acceptors (Lipinski definition) is 3. The van der Waals surface area contributed by atoms with Gasteiger partial charge in [-0.1, -0.05) is 43.3 Å². The van der Waals surface area contributed by atoms with Crippen LogP contribution in [0, 0.1) is 0 Å². The molecule has 2 aromatic rings. The van der Waals surface area contributed by atoms with Crippen molar-refractivity contribution >= 4 is 0 Å². The second-order valence-corrected chi connectivity index (χ2v) is 4.68. The molecule has 0 bridgehead atoms. The van der Waals surface area contributed by atoms with Gasteiger partial charge in [0.15, 0.2) is 0 Å². The van der Waals surface area contributed by atoms with Gasteiger partial charge in [0.1, 0.15) is 0 Å². The average Bonchev–Trinajstić information content (AvgIpc) is 2.88. The SMILES string of the molecule is CCCNCc1ccccc1-c1cnnn1CCC. The van der Waals surface area contributed by atoms with E-state index in [0.717, 1.165) is 38.2 Å². The Kier molecular flexibility index (Phi) is 5.10. The topological polar surface area (TPSA) is 42.7 Å². The number of hydrogen-bond donors (Lipinski definition) is 1. The molecule has 0 amide bonds. The normalized spacial score (nSPS) is 10.8. The van der Waals surface area contributed by atoms with Crippen LogP contribution in [0.1, 0.15) is 32.3 Å². The van der Waals surface area contributed by atoms with Gasteiger partial charge in [0.05, 0.1) is 11.9 Å². The van der Waals surface area contributed by atoms with Gasteiger partial charge in [0.25, 0.3) is 0 Å². The highest BCUT2D eigenvalue weighted by Crippen LogP contribution is 2.22. The standard InChI is InChI=1S/C15H22N4/c1-3-9-16-11-13-7-5-6-8-14(13)15-12-17-18-19(15)10-4-2/h5-8,12,16H,3-4,9-11H2,1-2H3. The summed E-state index contributed by atoms with van der Waals surface area (Å²) < 4.78 is 1.98. The Morgan fingerprint density at radius 1 is 1.16 bits per heavy atom. The summed E-state index contributed by atoms with van der Waals surface area (Å²) in [5, 5.41) is 11.7. The van der Waals surface area contributed by atoms with Crippen LogP contribution in [-0.4, -0.2) is 21.5 Å². The lowest BCUT2D eigenvalue weighted by Gasteiger charge is -2.11. The second kappa shape index (κ2) is 7.04. The first kappa shape index (κ1) is 13.7. The van der Waals surface area contributed by atoms with Gasteiger partial charge in [-0.15, -0.1) is 5.10 Å². The molecule has 102 valence electrons. The summed E-state index contributed by atoms with van der Waals surface area (Å²) in [6, 6.07) is 8.47. The maximum absolute atomic E-state index is 4.17. The molecule has 4 nitrogen and oxygen atoms in total. The average molecular weight is 258 g/mol. The van der Waals surface area contributed by atoms with Crippen molar-refractivity contribution in [2.24, 2.45) is 0 Å². The zero-order chi connectivity index (χ0) is 13.5. The monoisotopic (exact) mass is 258 g/mol. The minimum Gasteiger partial charge on any atom is -0.313 e. The molecule has 0 unspecified atom stereocenters. The van der Waals surface area contributed by atoms with E-state index in [0.29, 0.717) is 0 Å². The number of nitrogens with zero attached hydrogens (tertiary/aromatic N) is 3. The molecule has 0 aliphatic carbocycles. The molecule has 0 aliphatic rings. The van der Waals surface area contributed by atoms with Crippen LogP contribution in [0.5, 0.6) is 0 Å². The van der Waals surface area contributed by atoms with E-state index in [9.17, 15) is 0 Å². The van der Waals surface area contributed by atoms with E-state index in [2.05, 4.69) is 53.7 Å². The van der Waals surface area contributed by atoms with Crippen molar-refractivity contribution in [2.75, 3.05) is 6.54 Å². The molecule has 1 N–H and O–H groups in total. The van der Waals surface area contributed by atoms with E-state index >= 15 is 0 Å². The first-order valence-electron chi connectivity index (χ1n) is 7.04. The lowest BCUT2D eigenvalue weighted by molar-refractivity contribution is 0.583. The van der Waals surface area contributed by atoms with Gasteiger partial charge in [-0.05, 0) is 24.9 Å². The maximum Gasteiger partial charge on any atom is 0.0888 e. The summed E-state index contributed by atoms with van der Waals surface area (Å²) in [4.78, 5) is 0. The Labute approximate surface area is 114 Å². The van der Waals surface area contributed by atoms with Crippen molar-refractivity contribution in [2.45, 2.75) is 39.8 Å². The Morgan fingerprint density at radius 2 is 2.00 bits per heavy atom. The van der Waals surface area contributed by atoms with E-state index in [1.165, 1.54) is 11.1 Å². The highest BCUT2D eigenvalue weighted by molar-refractivity contribution is 5.63. The fourth-order valence-electron chi connectivity index (χ4n) is 2.17. The van der Waals surface area contributed by atoms with Crippen molar-refractivity contribution in [3.63, 3.8) is 0 Å². The summed E-state index contributed by atoms with van der Waals surface area (Å²) in [6.07, 6.45) is 4.07. The molecule has 2 rings (SSSR count). The van der Waals surface area contributed by atoms with Crippen LogP contribution >= 0.6 is 0 Å². The molecule has 0 aliphatic heterocycles. The van der Waals surface area contributed by atoms with Gasteiger partial charge < -0.3 is 5.32 Å². The molecule has 1 aromatic heterocycles. The van der Waals surface area contributed by atoms with Crippen molar-refractivity contribution in [3.8, 4) is 11.3 Å². The van der Waals surface area contributed by atoms with E-state index in [4.69, 9.17) is 0 Å². The summed E-state index contributed by atoms with van der Waals surface area (Å²) in [5.74, 6) is 0. The molecule has 0 fully saturated rings. The van der Waals surface area contributed by atoms with Gasteiger partial charge in [-0.25, -0.2) is 4.68 Å². The minimum atomic E-state index is 0.890. The van der Waals surface area contributed by atoms with E-state index < -0.39 is 0 Å². The highest BCUT2D eigenvalue weighted by Gasteiger charge is 2.09. The fraction of sp³-hybridized carbons (Fsp3) is 0.467. The molecule has 0 atom stereocenters. The first-order chi connectivity index (χ1) is 9.36. The minimum absolute atomic E-state index is 0.890. The summed E-state index contributed by atoms with van der Waals surface area (Å²) in [6.45, 7) is 7.17. The zero-order valence-corrected chi connectivity index (χ0v) is 11.8. The predicted molar refractivity (Wildman–Crippen MR) is 77.7 cm³/mol. The van der Waals surface area contributed by atoms with Crippen molar-refractivity contribution in [1.82, 2.24) is 20.3 Å². The van der Waals surface area contributed by atoms with Crippen molar-refractivity contribution in [1.29, 1.82) is 0 Å². The van der Waals surface area contributed by atoms with Crippen LogP contribution in [0.25, 0.3) is 11.3 Å². The van der Waals surface area contributed by atoms with Gasteiger partial charge >= 0.3 is 0 Å². The number of aromatic nitrogens is 3. The summed E-state index contributed by atoms with van der Waals surface area (Å²) in [7, 11) is 0. The van der Waals surface area contributed by atoms with Crippen LogP contribution in [-0.2, 0) is 13.1 Å². The third-order valence-electron chi connectivity index (χ3n) is 3.09. The quantitative estimate of drug-likeness (QED) is 0.777. The van der Waals surface area contributed by atoms with Crippen LogP contribution in [0.2, 0.25) is 0 Å². The van der Waals surface area contributed by atoms with Gasteiger partial charge in [0, 0.05) is 18.7 Å². The summed E-state index contributed by atoms with van der Waals surface area (Å²) in [5.41, 5.74) is 3.64. The molecule has 0 saturated heterocycles. The van der Waals surface area contributed by atoms with Crippen molar-refractivity contribution in [3.05, 3.63) is 36.0 Å². The molecule has 0 spiro atoms. The predicted octanol–water partition coefficient (Wildman–Crippen LogP) is 2.85. The lowest BCUT2D eigenvalue weighted by atomic mass is 10.0. The molecule has 1 heterocycles. The van der Waals surface area contributed by atoms with Gasteiger partial charge in [-0.2, -0.15) is 0 Å². The Bertz CT molecular complexity index is 504. The second-order valence-electron chi connectivity index (χ2n) is 4.68. The lowest BCUT2D eigenvalue weighted by Crippen LogP contribution is -2.14. The molecular weight excluding hydrogens is 236 g/mol. The van der Waals surface area contributed by atoms with Crippen LogP contribution in [0.15, 0.2) is 30.5 Å². The number of rotatable bonds is 7. The van der Waals surface area contributed by atoms with Crippen LogP contribution in [0.4, 0.5) is 0 Å². The van der Waals surface area contributed by atoms with Crippen molar-refractivity contribution < 1.29 is 0 Å². The largest absolute Gasteiger partial charge is 0.313 e. The van der Waals surface area contributed by atoms with Crippen LogP contribution in [0.3, 0.4) is 0 Å². The van der Waals surface area contributed by atoms with Gasteiger partial charge in [-0.3, -0.25) is 0 Å². The third-order valence-corrected chi connectivity index (χ3v) is 3.09. The number of benzene rings is 1. The van der Waals surface area contributed by atoms with E-state index in [1.807, 2.05) is 10.9 Å². The third kappa shape index (κ3) is 3.41. The van der Waals surface area contributed by atoms with E-state index in [-0.39, 0.29) is 0 Å². The molecular formula is C15H22N4. The molecule has 1 aromatic carbocycles. The Balaban J connectivity index is 2.25. The zero-order valence-electron chi connectivity index (χ0n) is 11.8. The summed E-state index contributed by atoms with van der Waals surface area (Å²) >= 11 is 0. The molecule has 4 heteroatoms. The number of nitrogens with one attached hydrogen (secondary N) is 1. The van der Waals surface area contributed by atoms with E-state index in [1.54, 1.807) is 0 Å². The number of aryl methyl sites for hydroxylation is 1. The first-order valence-corrected chi connectivity index (χ1v) is 7.04. The maximum atomic E-state index is 4.17. The fourth-order valence-corrected chi connectivity index (χ4v) is 2.17. The smallest absolute Gasteiger partial charge is 0.0888 e. The van der Waals surface area contributed by atoms with Gasteiger partial charge in [0.2, 0.25) is 0 Å². The highest BCUT2D eigenvalue weighted by atomic mass is 15.4. The Hall–Kier alpha value is -1.68. The molecule has 0 saturated carbocycles. The molecule has 0 radical (unpaired) electrons. The Morgan fingerprint density at radius 3 is 2.79 bits per heavy atom. The molecule has 19 heavy (non-hydrogen) atoms. The van der Waals surface area contributed by atoms with Crippen LogP contribution < -0.4 is 5.32 Å².